The van der Waals surface area contributed by atoms with Gasteiger partial charge in [-0.2, -0.15) is 0 Å². The monoisotopic (exact) mass is 259 g/mol. The van der Waals surface area contributed by atoms with Crippen molar-refractivity contribution in [2.75, 3.05) is 17.2 Å². The summed E-state index contributed by atoms with van der Waals surface area (Å²) in [6, 6.07) is 9.94. The van der Waals surface area contributed by atoms with Gasteiger partial charge in [-0.3, -0.25) is 0 Å². The average Bonchev–Trinajstić information content (AvgIpc) is 2.40. The number of aromatic nitrogens is 1. The van der Waals surface area contributed by atoms with Crippen LogP contribution >= 0.6 is 11.6 Å². The highest BCUT2D eigenvalue weighted by molar-refractivity contribution is 6.30. The lowest BCUT2D eigenvalue weighted by Gasteiger charge is -2.30. The Balaban J connectivity index is 1.90. The Bertz CT molecular complexity index is 566. The van der Waals surface area contributed by atoms with Gasteiger partial charge in [-0.1, -0.05) is 23.7 Å². The maximum atomic E-state index is 6.04. The molecule has 0 atom stereocenters. The van der Waals surface area contributed by atoms with E-state index >= 15 is 0 Å². The van der Waals surface area contributed by atoms with Gasteiger partial charge in [0.1, 0.15) is 5.82 Å². The van der Waals surface area contributed by atoms with Gasteiger partial charge >= 0.3 is 0 Å². The molecule has 2 heterocycles. The Morgan fingerprint density at radius 3 is 2.89 bits per heavy atom. The van der Waals surface area contributed by atoms with E-state index in [9.17, 15) is 0 Å². The number of anilines is 2. The highest BCUT2D eigenvalue weighted by atomic mass is 35.5. The van der Waals surface area contributed by atoms with Crippen molar-refractivity contribution in [3.05, 3.63) is 52.7 Å². The number of hydrogen-bond acceptors (Lipinski definition) is 3. The van der Waals surface area contributed by atoms with Crippen LogP contribution in [-0.2, 0) is 13.0 Å². The van der Waals surface area contributed by atoms with Gasteiger partial charge in [-0.15, -0.1) is 0 Å². The summed E-state index contributed by atoms with van der Waals surface area (Å²) in [5.74, 6) is 0.952. The van der Waals surface area contributed by atoms with Crippen LogP contribution in [0.3, 0.4) is 0 Å². The maximum absolute atomic E-state index is 6.04. The number of pyridine rings is 1. The van der Waals surface area contributed by atoms with Crippen LogP contribution in [0, 0.1) is 0 Å². The number of rotatable bonds is 1. The van der Waals surface area contributed by atoms with Crippen molar-refractivity contribution >= 4 is 23.1 Å². The third kappa shape index (κ3) is 2.02. The summed E-state index contributed by atoms with van der Waals surface area (Å²) in [6.45, 7) is 1.78. The van der Waals surface area contributed by atoms with E-state index in [1.165, 1.54) is 11.1 Å². The predicted molar refractivity (Wildman–Crippen MR) is 74.9 cm³/mol. The number of nitrogens with two attached hydrogens (primary N) is 1. The SMILES string of the molecule is Nc1cccc2c1CN(c1ccc(Cl)cn1)CC2. The summed E-state index contributed by atoms with van der Waals surface area (Å²) < 4.78 is 0. The van der Waals surface area contributed by atoms with Gasteiger partial charge in [-0.05, 0) is 35.7 Å². The molecule has 3 nitrogen and oxygen atoms in total. The Morgan fingerprint density at radius 1 is 1.22 bits per heavy atom. The molecule has 1 aromatic heterocycles. The van der Waals surface area contributed by atoms with E-state index in [0.29, 0.717) is 5.02 Å². The smallest absolute Gasteiger partial charge is 0.128 e. The Morgan fingerprint density at radius 2 is 2.11 bits per heavy atom. The molecule has 0 fully saturated rings. The zero-order valence-corrected chi connectivity index (χ0v) is 10.7. The van der Waals surface area contributed by atoms with Gasteiger partial charge in [0, 0.05) is 25.0 Å². The molecule has 2 N–H and O–H groups in total. The highest BCUT2D eigenvalue weighted by Gasteiger charge is 2.18. The Kier molecular flexibility index (Phi) is 2.84. The van der Waals surface area contributed by atoms with E-state index in [0.717, 1.165) is 31.0 Å². The molecule has 0 spiro atoms. The van der Waals surface area contributed by atoms with Crippen molar-refractivity contribution in [2.45, 2.75) is 13.0 Å². The van der Waals surface area contributed by atoms with Crippen LogP contribution in [-0.4, -0.2) is 11.5 Å². The van der Waals surface area contributed by atoms with Crippen LogP contribution in [0.25, 0.3) is 0 Å². The number of benzene rings is 1. The molecule has 0 bridgehead atoms. The van der Waals surface area contributed by atoms with Crippen molar-refractivity contribution in [3.8, 4) is 0 Å². The molecule has 0 saturated heterocycles. The van der Waals surface area contributed by atoms with Crippen LogP contribution in [0.5, 0.6) is 0 Å². The Hall–Kier alpha value is -1.74. The van der Waals surface area contributed by atoms with Crippen molar-refractivity contribution in [2.24, 2.45) is 0 Å². The summed E-state index contributed by atoms with van der Waals surface area (Å²) in [5, 5.41) is 0.663. The summed E-state index contributed by atoms with van der Waals surface area (Å²) in [4.78, 5) is 6.59. The normalized spacial score (nSPS) is 14.4. The molecule has 1 aliphatic heterocycles. The number of hydrogen-bond donors (Lipinski definition) is 1. The van der Waals surface area contributed by atoms with Crippen LogP contribution in [0.4, 0.5) is 11.5 Å². The lowest BCUT2D eigenvalue weighted by molar-refractivity contribution is 0.723. The van der Waals surface area contributed by atoms with Gasteiger partial charge in [0.25, 0.3) is 0 Å². The number of fused-ring (bicyclic) bond motifs is 1. The van der Waals surface area contributed by atoms with Gasteiger partial charge in [-0.25, -0.2) is 4.98 Å². The van der Waals surface area contributed by atoms with E-state index in [4.69, 9.17) is 17.3 Å². The molecule has 1 aromatic carbocycles. The Labute approximate surface area is 111 Å². The molecule has 0 radical (unpaired) electrons. The molecule has 2 aromatic rings. The van der Waals surface area contributed by atoms with Crippen LogP contribution in [0.2, 0.25) is 5.02 Å². The van der Waals surface area contributed by atoms with Gasteiger partial charge in [0.2, 0.25) is 0 Å². The first-order valence-electron chi connectivity index (χ1n) is 5.97. The highest BCUT2D eigenvalue weighted by Crippen LogP contribution is 2.27. The van der Waals surface area contributed by atoms with E-state index in [-0.39, 0.29) is 0 Å². The van der Waals surface area contributed by atoms with Gasteiger partial charge < -0.3 is 10.6 Å². The second kappa shape index (κ2) is 4.50. The number of halogens is 1. The maximum Gasteiger partial charge on any atom is 0.128 e. The molecular weight excluding hydrogens is 246 g/mol. The summed E-state index contributed by atoms with van der Waals surface area (Å²) in [7, 11) is 0. The molecule has 0 unspecified atom stereocenters. The van der Waals surface area contributed by atoms with E-state index in [1.54, 1.807) is 6.20 Å². The molecule has 0 amide bonds. The van der Waals surface area contributed by atoms with Crippen molar-refractivity contribution in [1.29, 1.82) is 0 Å². The largest absolute Gasteiger partial charge is 0.398 e. The third-order valence-electron chi connectivity index (χ3n) is 3.35. The average molecular weight is 260 g/mol. The zero-order chi connectivity index (χ0) is 12.5. The van der Waals surface area contributed by atoms with E-state index in [2.05, 4.69) is 16.0 Å². The summed E-state index contributed by atoms with van der Waals surface area (Å²) in [5.41, 5.74) is 9.47. The topological polar surface area (TPSA) is 42.1 Å². The molecule has 0 aliphatic carbocycles. The molecular formula is C14H14ClN3. The lowest BCUT2D eigenvalue weighted by Crippen LogP contribution is -2.31. The van der Waals surface area contributed by atoms with Crippen LogP contribution < -0.4 is 10.6 Å². The second-order valence-electron chi connectivity index (χ2n) is 4.49. The summed E-state index contributed by atoms with van der Waals surface area (Å²) in [6.07, 6.45) is 2.69. The molecule has 1 aliphatic rings. The quantitative estimate of drug-likeness (QED) is 0.801. The minimum Gasteiger partial charge on any atom is -0.398 e. The van der Waals surface area contributed by atoms with Gasteiger partial charge in [0.05, 0.1) is 5.02 Å². The second-order valence-corrected chi connectivity index (χ2v) is 4.93. The van der Waals surface area contributed by atoms with E-state index < -0.39 is 0 Å². The van der Waals surface area contributed by atoms with Crippen LogP contribution in [0.15, 0.2) is 36.5 Å². The van der Waals surface area contributed by atoms with E-state index in [1.807, 2.05) is 24.3 Å². The predicted octanol–water partition coefficient (Wildman–Crippen LogP) is 2.88. The van der Waals surface area contributed by atoms with Crippen molar-refractivity contribution in [3.63, 3.8) is 0 Å². The minimum atomic E-state index is 0.663. The fourth-order valence-electron chi connectivity index (χ4n) is 2.36. The first kappa shape index (κ1) is 11.4. The number of nitrogen functional groups attached to an aromatic ring is 1. The zero-order valence-electron chi connectivity index (χ0n) is 9.94. The molecule has 0 saturated carbocycles. The molecule has 92 valence electrons. The molecule has 4 heteroatoms. The lowest BCUT2D eigenvalue weighted by atomic mass is 9.98. The fourth-order valence-corrected chi connectivity index (χ4v) is 2.47. The molecule has 3 rings (SSSR count). The third-order valence-corrected chi connectivity index (χ3v) is 3.57. The number of nitrogens with zero attached hydrogens (tertiary/aromatic N) is 2. The molecule has 18 heavy (non-hydrogen) atoms. The fraction of sp³-hybridized carbons (Fsp3) is 0.214. The standard InChI is InChI=1S/C14H14ClN3/c15-11-4-5-14(17-8-11)18-7-6-10-2-1-3-13(16)12(10)9-18/h1-5,8H,6-7,9,16H2. The first-order chi connectivity index (χ1) is 8.74. The van der Waals surface area contributed by atoms with Crippen molar-refractivity contribution < 1.29 is 0 Å². The minimum absolute atomic E-state index is 0.663. The van der Waals surface area contributed by atoms with Gasteiger partial charge in [0.15, 0.2) is 0 Å². The van der Waals surface area contributed by atoms with Crippen molar-refractivity contribution in [1.82, 2.24) is 4.98 Å². The van der Waals surface area contributed by atoms with Crippen LogP contribution in [0.1, 0.15) is 11.1 Å². The summed E-state index contributed by atoms with van der Waals surface area (Å²) >= 11 is 5.86. The first-order valence-corrected chi connectivity index (χ1v) is 6.34.